The van der Waals surface area contributed by atoms with Crippen molar-refractivity contribution in [1.82, 2.24) is 19.9 Å². The Morgan fingerprint density at radius 2 is 1.83 bits per heavy atom. The normalized spacial score (nSPS) is 18.5. The van der Waals surface area contributed by atoms with Gasteiger partial charge in [-0.05, 0) is 30.5 Å². The average molecular weight is 306 g/mol. The van der Waals surface area contributed by atoms with Gasteiger partial charge in [-0.1, -0.05) is 47.7 Å². The highest BCUT2D eigenvalue weighted by Crippen LogP contribution is 2.26. The molecule has 5 heteroatoms. The number of carbonyl (C=O) groups excluding carboxylic acids is 1. The second-order valence-corrected chi connectivity index (χ2v) is 5.93. The lowest BCUT2D eigenvalue weighted by atomic mass is 10.0. The summed E-state index contributed by atoms with van der Waals surface area (Å²) in [4.78, 5) is 14.8. The average Bonchev–Trinajstić information content (AvgIpc) is 3.02. The van der Waals surface area contributed by atoms with Crippen molar-refractivity contribution in [3.05, 3.63) is 60.2 Å². The molecule has 2 aromatic carbocycles. The second kappa shape index (κ2) is 5.83. The number of hydrogen-bond acceptors (Lipinski definition) is 3. The van der Waals surface area contributed by atoms with Gasteiger partial charge in [0.15, 0.2) is 0 Å². The van der Waals surface area contributed by atoms with Gasteiger partial charge in [0.2, 0.25) is 5.91 Å². The number of para-hydroxylation sites is 1. The summed E-state index contributed by atoms with van der Waals surface area (Å²) in [7, 11) is 0. The number of hydrogen-bond donors (Lipinski definition) is 0. The SMILES string of the molecule is O=C1C(n2nnc3ccccc32)CCCN1Cc1ccccc1. The Balaban J connectivity index is 1.61. The van der Waals surface area contributed by atoms with Gasteiger partial charge in [-0.25, -0.2) is 4.68 Å². The van der Waals surface area contributed by atoms with Gasteiger partial charge in [0.05, 0.1) is 5.52 Å². The Morgan fingerprint density at radius 1 is 1.04 bits per heavy atom. The van der Waals surface area contributed by atoms with Gasteiger partial charge in [-0.2, -0.15) is 0 Å². The summed E-state index contributed by atoms with van der Waals surface area (Å²) in [6, 6.07) is 17.7. The van der Waals surface area contributed by atoms with Crippen molar-refractivity contribution in [3.63, 3.8) is 0 Å². The molecule has 5 nitrogen and oxygen atoms in total. The van der Waals surface area contributed by atoms with E-state index in [1.807, 2.05) is 47.4 Å². The Bertz CT molecular complexity index is 827. The molecule has 1 fully saturated rings. The van der Waals surface area contributed by atoms with Gasteiger partial charge in [0.25, 0.3) is 0 Å². The highest BCUT2D eigenvalue weighted by Gasteiger charge is 2.31. The summed E-state index contributed by atoms with van der Waals surface area (Å²) in [5, 5.41) is 8.41. The van der Waals surface area contributed by atoms with Crippen LogP contribution in [-0.2, 0) is 11.3 Å². The molecule has 1 saturated heterocycles. The number of piperidine rings is 1. The first kappa shape index (κ1) is 13.9. The zero-order valence-corrected chi connectivity index (χ0v) is 12.8. The minimum absolute atomic E-state index is 0.135. The predicted molar refractivity (Wildman–Crippen MR) is 87.7 cm³/mol. The van der Waals surface area contributed by atoms with Crippen molar-refractivity contribution < 1.29 is 4.79 Å². The van der Waals surface area contributed by atoms with Crippen molar-refractivity contribution in [2.75, 3.05) is 6.54 Å². The molecule has 1 atom stereocenters. The molecular weight excluding hydrogens is 288 g/mol. The first-order valence-electron chi connectivity index (χ1n) is 7.95. The van der Waals surface area contributed by atoms with Crippen molar-refractivity contribution in [2.45, 2.75) is 25.4 Å². The van der Waals surface area contributed by atoms with Crippen LogP contribution in [0.3, 0.4) is 0 Å². The summed E-state index contributed by atoms with van der Waals surface area (Å²) in [5.74, 6) is 0.135. The lowest BCUT2D eigenvalue weighted by Gasteiger charge is -2.32. The van der Waals surface area contributed by atoms with Crippen LogP contribution in [0.5, 0.6) is 0 Å². The van der Waals surface area contributed by atoms with Gasteiger partial charge >= 0.3 is 0 Å². The molecule has 0 aliphatic carbocycles. The van der Waals surface area contributed by atoms with Gasteiger partial charge in [-0.3, -0.25) is 4.79 Å². The van der Waals surface area contributed by atoms with Crippen LogP contribution in [0.1, 0.15) is 24.4 Å². The van der Waals surface area contributed by atoms with Crippen LogP contribution in [0, 0.1) is 0 Å². The van der Waals surface area contributed by atoms with Crippen LogP contribution in [0.2, 0.25) is 0 Å². The van der Waals surface area contributed by atoms with E-state index in [0.717, 1.165) is 36.0 Å². The minimum Gasteiger partial charge on any atom is -0.337 e. The number of rotatable bonds is 3. The van der Waals surface area contributed by atoms with Crippen molar-refractivity contribution in [1.29, 1.82) is 0 Å². The number of likely N-dealkylation sites (tertiary alicyclic amines) is 1. The highest BCUT2D eigenvalue weighted by atomic mass is 16.2. The third kappa shape index (κ3) is 2.59. The molecule has 116 valence electrons. The maximum absolute atomic E-state index is 12.9. The Labute approximate surface area is 134 Å². The third-order valence-corrected chi connectivity index (χ3v) is 4.39. The maximum atomic E-state index is 12.9. The lowest BCUT2D eigenvalue weighted by Crippen LogP contribution is -2.42. The number of nitrogens with zero attached hydrogens (tertiary/aromatic N) is 4. The van der Waals surface area contributed by atoms with E-state index in [1.54, 1.807) is 4.68 Å². The Kier molecular flexibility index (Phi) is 3.54. The second-order valence-electron chi connectivity index (χ2n) is 5.93. The quantitative estimate of drug-likeness (QED) is 0.747. The van der Waals surface area contributed by atoms with E-state index in [2.05, 4.69) is 22.4 Å². The van der Waals surface area contributed by atoms with Crippen LogP contribution >= 0.6 is 0 Å². The molecule has 23 heavy (non-hydrogen) atoms. The van der Waals surface area contributed by atoms with Gasteiger partial charge in [0.1, 0.15) is 11.6 Å². The lowest BCUT2D eigenvalue weighted by molar-refractivity contribution is -0.138. The molecule has 0 saturated carbocycles. The topological polar surface area (TPSA) is 51.0 Å². The van der Waals surface area contributed by atoms with Crippen molar-refractivity contribution >= 4 is 16.9 Å². The Hall–Kier alpha value is -2.69. The van der Waals surface area contributed by atoms with E-state index >= 15 is 0 Å². The number of fused-ring (bicyclic) bond motifs is 1. The monoisotopic (exact) mass is 306 g/mol. The molecule has 1 amide bonds. The van der Waals surface area contributed by atoms with Gasteiger partial charge < -0.3 is 4.90 Å². The summed E-state index contributed by atoms with van der Waals surface area (Å²) >= 11 is 0. The van der Waals surface area contributed by atoms with E-state index in [-0.39, 0.29) is 11.9 Å². The first-order valence-corrected chi connectivity index (χ1v) is 7.95. The fourth-order valence-electron chi connectivity index (χ4n) is 3.22. The molecule has 1 aliphatic heterocycles. The van der Waals surface area contributed by atoms with E-state index in [1.165, 1.54) is 0 Å². The molecular formula is C18H18N4O. The van der Waals surface area contributed by atoms with E-state index in [4.69, 9.17) is 0 Å². The molecule has 0 radical (unpaired) electrons. The molecule has 3 aromatic rings. The fourth-order valence-corrected chi connectivity index (χ4v) is 3.22. The van der Waals surface area contributed by atoms with E-state index < -0.39 is 0 Å². The van der Waals surface area contributed by atoms with E-state index in [0.29, 0.717) is 6.54 Å². The summed E-state index contributed by atoms with van der Waals surface area (Å²) in [6.07, 6.45) is 1.80. The van der Waals surface area contributed by atoms with Crippen LogP contribution in [-0.4, -0.2) is 32.3 Å². The summed E-state index contributed by atoms with van der Waals surface area (Å²) in [6.45, 7) is 1.46. The molecule has 2 heterocycles. The first-order chi connectivity index (χ1) is 11.3. The standard InChI is InChI=1S/C18H18N4O/c23-18-17(22-16-10-5-4-9-15(16)19-20-22)11-6-12-21(18)13-14-7-2-1-3-8-14/h1-5,7-10,17H,6,11-13H2. The molecule has 1 aliphatic rings. The summed E-state index contributed by atoms with van der Waals surface area (Å²) < 4.78 is 1.79. The highest BCUT2D eigenvalue weighted by molar-refractivity contribution is 5.84. The Morgan fingerprint density at radius 3 is 2.70 bits per heavy atom. The minimum atomic E-state index is -0.250. The molecule has 1 unspecified atom stereocenters. The number of carbonyl (C=O) groups is 1. The fraction of sp³-hybridized carbons (Fsp3) is 0.278. The van der Waals surface area contributed by atoms with Crippen molar-refractivity contribution in [3.8, 4) is 0 Å². The maximum Gasteiger partial charge on any atom is 0.247 e. The van der Waals surface area contributed by atoms with Crippen LogP contribution in [0.4, 0.5) is 0 Å². The number of benzene rings is 2. The zero-order valence-electron chi connectivity index (χ0n) is 12.8. The largest absolute Gasteiger partial charge is 0.337 e. The molecule has 4 rings (SSSR count). The predicted octanol–water partition coefficient (Wildman–Crippen LogP) is 2.80. The van der Waals surface area contributed by atoms with Crippen LogP contribution in [0.25, 0.3) is 11.0 Å². The smallest absolute Gasteiger partial charge is 0.247 e. The van der Waals surface area contributed by atoms with Crippen molar-refractivity contribution in [2.24, 2.45) is 0 Å². The van der Waals surface area contributed by atoms with Gasteiger partial charge in [-0.15, -0.1) is 5.10 Å². The van der Waals surface area contributed by atoms with Crippen LogP contribution in [0.15, 0.2) is 54.6 Å². The van der Waals surface area contributed by atoms with Gasteiger partial charge in [0, 0.05) is 13.1 Å². The zero-order chi connectivity index (χ0) is 15.6. The molecule has 0 spiro atoms. The number of aromatic nitrogens is 3. The molecule has 0 bridgehead atoms. The molecule has 0 N–H and O–H groups in total. The van der Waals surface area contributed by atoms with Crippen LogP contribution < -0.4 is 0 Å². The molecule has 1 aromatic heterocycles. The number of amides is 1. The third-order valence-electron chi connectivity index (χ3n) is 4.39. The summed E-state index contributed by atoms with van der Waals surface area (Å²) in [5.41, 5.74) is 2.91. The van der Waals surface area contributed by atoms with E-state index in [9.17, 15) is 4.79 Å².